The first-order chi connectivity index (χ1) is 14.4. The van der Waals surface area contributed by atoms with Crippen LogP contribution in [0.3, 0.4) is 0 Å². The molecule has 0 aliphatic carbocycles. The monoisotopic (exact) mass is 404 g/mol. The first-order valence-electron chi connectivity index (χ1n) is 9.22. The number of fused-ring (bicyclic) bond motifs is 1. The lowest BCUT2D eigenvalue weighted by molar-refractivity contribution is 0.0947. The minimum absolute atomic E-state index is 0.0475. The van der Waals surface area contributed by atoms with Crippen molar-refractivity contribution in [3.63, 3.8) is 0 Å². The number of amides is 1. The topological polar surface area (TPSA) is 137 Å². The second-order valence-electron chi connectivity index (χ2n) is 7.69. The van der Waals surface area contributed by atoms with Gasteiger partial charge >= 0.3 is 0 Å². The molecule has 4 rings (SSSR count). The van der Waals surface area contributed by atoms with Crippen LogP contribution in [0.4, 0.5) is 5.82 Å². The number of hydrazone groups is 1. The number of nitrogens with one attached hydrogen (secondary N) is 1. The van der Waals surface area contributed by atoms with E-state index in [1.807, 2.05) is 63.2 Å². The van der Waals surface area contributed by atoms with E-state index in [9.17, 15) is 4.79 Å². The van der Waals surface area contributed by atoms with Crippen LogP contribution in [0.1, 0.15) is 42.5 Å². The molecule has 2 aromatic carbocycles. The summed E-state index contributed by atoms with van der Waals surface area (Å²) in [6, 6.07) is 13.8. The third-order valence-electron chi connectivity index (χ3n) is 4.49. The highest BCUT2D eigenvalue weighted by Crippen LogP contribution is 2.27. The van der Waals surface area contributed by atoms with Crippen molar-refractivity contribution in [1.29, 1.82) is 0 Å². The number of rotatable bonds is 4. The van der Waals surface area contributed by atoms with Gasteiger partial charge in [-0.3, -0.25) is 4.79 Å². The summed E-state index contributed by atoms with van der Waals surface area (Å²) in [5.41, 5.74) is 9.30. The smallest absolute Gasteiger partial charge is 0.293 e. The number of carbonyl (C=O) groups is 1. The Morgan fingerprint density at radius 1 is 1.17 bits per heavy atom. The van der Waals surface area contributed by atoms with Gasteiger partial charge in [0.1, 0.15) is 0 Å². The molecule has 0 saturated heterocycles. The molecule has 0 aliphatic rings. The van der Waals surface area contributed by atoms with Gasteiger partial charge in [0.15, 0.2) is 5.69 Å². The van der Waals surface area contributed by atoms with Crippen LogP contribution >= 0.6 is 0 Å². The van der Waals surface area contributed by atoms with Gasteiger partial charge in [-0.05, 0) is 21.1 Å². The Balaban J connectivity index is 1.63. The second kappa shape index (κ2) is 7.39. The number of aromatic nitrogens is 5. The Morgan fingerprint density at radius 3 is 2.67 bits per heavy atom. The summed E-state index contributed by atoms with van der Waals surface area (Å²) in [6.07, 6.45) is 1.60. The number of nitrogens with zero attached hydrogens (tertiary/aromatic N) is 6. The van der Waals surface area contributed by atoms with Crippen molar-refractivity contribution in [3.8, 4) is 5.82 Å². The molecule has 0 spiro atoms. The van der Waals surface area contributed by atoms with Gasteiger partial charge in [0.25, 0.3) is 5.91 Å². The Hall–Kier alpha value is -4.08. The average molecular weight is 404 g/mol. The minimum atomic E-state index is -0.502. The standard InChI is InChI=1S/C20H20N8O2/c1-20(2,3)16-15(23-27-28(16)18-17(21)25-30-26-18)19(29)24-22-11-13-9-6-8-12-7-4-5-10-14(12)13/h4-11H,1-3H3,(H2,21,25)(H,24,29)/b22-11+. The van der Waals surface area contributed by atoms with Crippen LogP contribution in [0.2, 0.25) is 0 Å². The van der Waals surface area contributed by atoms with Gasteiger partial charge in [0.2, 0.25) is 11.6 Å². The molecule has 4 aromatic rings. The summed E-state index contributed by atoms with van der Waals surface area (Å²) in [5.74, 6) is -0.283. The van der Waals surface area contributed by atoms with Crippen molar-refractivity contribution in [2.24, 2.45) is 5.10 Å². The molecule has 0 atom stereocenters. The highest BCUT2D eigenvalue weighted by molar-refractivity contribution is 6.00. The lowest BCUT2D eigenvalue weighted by Crippen LogP contribution is -2.26. The van der Waals surface area contributed by atoms with E-state index < -0.39 is 11.3 Å². The minimum Gasteiger partial charge on any atom is -0.378 e. The molecular formula is C20H20N8O2. The summed E-state index contributed by atoms with van der Waals surface area (Å²) in [6.45, 7) is 5.76. The van der Waals surface area contributed by atoms with Gasteiger partial charge < -0.3 is 5.73 Å². The number of benzene rings is 2. The summed E-state index contributed by atoms with van der Waals surface area (Å²) in [7, 11) is 0. The Bertz CT molecular complexity index is 1240. The zero-order chi connectivity index (χ0) is 21.3. The van der Waals surface area contributed by atoms with Crippen molar-refractivity contribution < 1.29 is 9.42 Å². The fraction of sp³-hybridized carbons (Fsp3) is 0.200. The number of nitrogen functional groups attached to an aromatic ring is 1. The molecule has 10 nitrogen and oxygen atoms in total. The van der Waals surface area contributed by atoms with Crippen LogP contribution in [-0.2, 0) is 5.41 Å². The van der Waals surface area contributed by atoms with E-state index in [1.54, 1.807) is 6.21 Å². The number of nitrogens with two attached hydrogens (primary N) is 1. The molecule has 0 fully saturated rings. The zero-order valence-corrected chi connectivity index (χ0v) is 16.7. The van der Waals surface area contributed by atoms with Crippen LogP contribution in [0.25, 0.3) is 16.6 Å². The molecule has 3 N–H and O–H groups in total. The molecule has 2 aromatic heterocycles. The molecule has 0 radical (unpaired) electrons. The Morgan fingerprint density at radius 2 is 1.93 bits per heavy atom. The number of hydrogen-bond donors (Lipinski definition) is 2. The summed E-state index contributed by atoms with van der Waals surface area (Å²) >= 11 is 0. The van der Waals surface area contributed by atoms with Crippen molar-refractivity contribution in [2.75, 3.05) is 5.73 Å². The van der Waals surface area contributed by atoms with E-state index in [-0.39, 0.29) is 17.3 Å². The second-order valence-corrected chi connectivity index (χ2v) is 7.69. The van der Waals surface area contributed by atoms with Gasteiger partial charge in [-0.25, -0.2) is 10.1 Å². The van der Waals surface area contributed by atoms with Crippen LogP contribution in [0, 0.1) is 0 Å². The zero-order valence-electron chi connectivity index (χ0n) is 16.7. The largest absolute Gasteiger partial charge is 0.378 e. The fourth-order valence-corrected chi connectivity index (χ4v) is 3.17. The maximum Gasteiger partial charge on any atom is 0.293 e. The first-order valence-corrected chi connectivity index (χ1v) is 9.22. The van der Waals surface area contributed by atoms with E-state index in [1.165, 1.54) is 4.68 Å². The average Bonchev–Trinajstić information content (AvgIpc) is 3.34. The molecule has 0 saturated carbocycles. The highest BCUT2D eigenvalue weighted by Gasteiger charge is 2.31. The SMILES string of the molecule is CC(C)(C)c1c(C(=O)N/N=C/c2cccc3ccccc23)nnn1-c1nonc1N. The molecule has 0 aliphatic heterocycles. The van der Waals surface area contributed by atoms with Crippen LogP contribution in [0.5, 0.6) is 0 Å². The van der Waals surface area contributed by atoms with Gasteiger partial charge in [-0.15, -0.1) is 5.10 Å². The van der Waals surface area contributed by atoms with Gasteiger partial charge in [0.05, 0.1) is 11.9 Å². The lowest BCUT2D eigenvalue weighted by atomic mass is 9.90. The van der Waals surface area contributed by atoms with E-state index in [2.05, 4.69) is 35.8 Å². The maximum atomic E-state index is 12.8. The van der Waals surface area contributed by atoms with Crippen molar-refractivity contribution in [2.45, 2.75) is 26.2 Å². The van der Waals surface area contributed by atoms with E-state index in [0.717, 1.165) is 16.3 Å². The number of hydrogen-bond acceptors (Lipinski definition) is 8. The van der Waals surface area contributed by atoms with E-state index in [0.29, 0.717) is 5.69 Å². The van der Waals surface area contributed by atoms with Crippen LogP contribution < -0.4 is 11.2 Å². The molecule has 0 unspecified atom stereocenters. The molecular weight excluding hydrogens is 384 g/mol. The lowest BCUT2D eigenvalue weighted by Gasteiger charge is -2.19. The Kier molecular flexibility index (Phi) is 4.74. The maximum absolute atomic E-state index is 12.8. The predicted molar refractivity (Wildman–Crippen MR) is 111 cm³/mol. The predicted octanol–water partition coefficient (Wildman–Crippen LogP) is 2.45. The van der Waals surface area contributed by atoms with Gasteiger partial charge in [0, 0.05) is 11.0 Å². The number of anilines is 1. The third kappa shape index (κ3) is 3.50. The molecule has 10 heteroatoms. The van der Waals surface area contributed by atoms with Crippen molar-refractivity contribution in [3.05, 3.63) is 59.4 Å². The summed E-state index contributed by atoms with van der Waals surface area (Å²) in [5, 5.41) is 21.6. The van der Waals surface area contributed by atoms with Crippen molar-refractivity contribution >= 4 is 28.7 Å². The van der Waals surface area contributed by atoms with Crippen molar-refractivity contribution in [1.82, 2.24) is 30.7 Å². The Labute approximate surface area is 171 Å². The quantitative estimate of drug-likeness (QED) is 0.394. The molecule has 2 heterocycles. The number of carbonyl (C=O) groups excluding carboxylic acids is 1. The van der Waals surface area contributed by atoms with Gasteiger partial charge in [-0.1, -0.05) is 68.4 Å². The highest BCUT2D eigenvalue weighted by atomic mass is 16.6. The fourth-order valence-electron chi connectivity index (χ4n) is 3.17. The van der Waals surface area contributed by atoms with Crippen LogP contribution in [-0.4, -0.2) is 37.4 Å². The molecule has 152 valence electrons. The van der Waals surface area contributed by atoms with E-state index in [4.69, 9.17) is 5.73 Å². The van der Waals surface area contributed by atoms with E-state index >= 15 is 0 Å². The van der Waals surface area contributed by atoms with Gasteiger partial charge in [-0.2, -0.15) is 9.78 Å². The molecule has 0 bridgehead atoms. The molecule has 1 amide bonds. The molecule has 30 heavy (non-hydrogen) atoms. The first kappa shape index (κ1) is 19.2. The summed E-state index contributed by atoms with van der Waals surface area (Å²) in [4.78, 5) is 12.8. The summed E-state index contributed by atoms with van der Waals surface area (Å²) < 4.78 is 6.00. The normalized spacial score (nSPS) is 12.0. The third-order valence-corrected chi connectivity index (χ3v) is 4.49. The van der Waals surface area contributed by atoms with Crippen LogP contribution in [0.15, 0.2) is 52.2 Å².